The molecule has 0 radical (unpaired) electrons. The predicted octanol–water partition coefficient (Wildman–Crippen LogP) is 6.58. The van der Waals surface area contributed by atoms with Crippen LogP contribution in [0.4, 0.5) is 0 Å². The number of rotatable bonds is 11. The average molecular weight is 483 g/mol. The Hall–Kier alpha value is -2.96. The summed E-state index contributed by atoms with van der Waals surface area (Å²) in [5.74, 6) is 1.90. The number of ether oxygens (including phenoxy) is 2. The van der Waals surface area contributed by atoms with E-state index in [1.54, 1.807) is 30.1 Å². The van der Waals surface area contributed by atoms with Crippen LogP contribution in [0, 0.1) is 0 Å². The smallest absolute Gasteiger partial charge is 0.271 e. The SMILES string of the molecule is CCCOc1ccc(/C=N\NC(=O)c2ccc(CSc3ccc(Cl)cc3)cc2)cc1OCC. The molecule has 5 nitrogen and oxygen atoms in total. The van der Waals surface area contributed by atoms with Gasteiger partial charge in [0.05, 0.1) is 19.4 Å². The Morgan fingerprint density at radius 2 is 1.76 bits per heavy atom. The third kappa shape index (κ3) is 7.84. The molecule has 172 valence electrons. The van der Waals surface area contributed by atoms with Gasteiger partial charge in [-0.1, -0.05) is 30.7 Å². The highest BCUT2D eigenvalue weighted by Crippen LogP contribution is 2.28. The van der Waals surface area contributed by atoms with Gasteiger partial charge in [0.15, 0.2) is 11.5 Å². The first-order chi connectivity index (χ1) is 16.1. The Kier molecular flexibility index (Phi) is 9.66. The number of carbonyl (C=O) groups excluding carboxylic acids is 1. The van der Waals surface area contributed by atoms with E-state index in [1.807, 2.05) is 61.5 Å². The van der Waals surface area contributed by atoms with Crippen LogP contribution in [0.5, 0.6) is 11.5 Å². The maximum atomic E-state index is 12.4. The number of carbonyl (C=O) groups is 1. The lowest BCUT2D eigenvalue weighted by atomic mass is 10.1. The summed E-state index contributed by atoms with van der Waals surface area (Å²) in [5, 5.41) is 4.81. The molecule has 0 fully saturated rings. The van der Waals surface area contributed by atoms with Gasteiger partial charge in [0.2, 0.25) is 0 Å². The summed E-state index contributed by atoms with van der Waals surface area (Å²) in [6, 6.07) is 20.8. The van der Waals surface area contributed by atoms with Crippen LogP contribution in [0.25, 0.3) is 0 Å². The zero-order valence-electron chi connectivity index (χ0n) is 18.7. The van der Waals surface area contributed by atoms with Gasteiger partial charge in [0.1, 0.15) is 0 Å². The monoisotopic (exact) mass is 482 g/mol. The van der Waals surface area contributed by atoms with Crippen molar-refractivity contribution in [1.82, 2.24) is 5.43 Å². The molecular formula is C26H27ClN2O3S. The summed E-state index contributed by atoms with van der Waals surface area (Å²) in [7, 11) is 0. The first kappa shape index (κ1) is 24.7. The number of thioether (sulfide) groups is 1. The number of hydrogen-bond donors (Lipinski definition) is 1. The van der Waals surface area contributed by atoms with Crippen molar-refractivity contribution in [2.24, 2.45) is 5.10 Å². The van der Waals surface area contributed by atoms with Gasteiger partial charge in [0.25, 0.3) is 5.91 Å². The van der Waals surface area contributed by atoms with E-state index >= 15 is 0 Å². The maximum absolute atomic E-state index is 12.4. The maximum Gasteiger partial charge on any atom is 0.271 e. The number of nitrogens with one attached hydrogen (secondary N) is 1. The third-order valence-corrected chi connectivity index (χ3v) is 5.88. The summed E-state index contributed by atoms with van der Waals surface area (Å²) in [6.07, 6.45) is 2.50. The molecule has 0 aromatic heterocycles. The molecule has 0 saturated carbocycles. The van der Waals surface area contributed by atoms with Crippen LogP contribution in [0.3, 0.4) is 0 Å². The molecule has 0 spiro atoms. The Bertz CT molecular complexity index is 1070. The van der Waals surface area contributed by atoms with Gasteiger partial charge >= 0.3 is 0 Å². The van der Waals surface area contributed by atoms with Gasteiger partial charge in [0, 0.05) is 21.2 Å². The second kappa shape index (κ2) is 12.9. The molecule has 0 saturated heterocycles. The second-order valence-electron chi connectivity index (χ2n) is 7.13. The van der Waals surface area contributed by atoms with Crippen molar-refractivity contribution in [2.75, 3.05) is 13.2 Å². The van der Waals surface area contributed by atoms with Gasteiger partial charge in [-0.3, -0.25) is 4.79 Å². The van der Waals surface area contributed by atoms with Crippen LogP contribution < -0.4 is 14.9 Å². The highest BCUT2D eigenvalue weighted by molar-refractivity contribution is 7.98. The summed E-state index contributed by atoms with van der Waals surface area (Å²) in [4.78, 5) is 13.6. The van der Waals surface area contributed by atoms with E-state index in [0.717, 1.165) is 33.2 Å². The van der Waals surface area contributed by atoms with Crippen molar-refractivity contribution in [3.05, 3.63) is 88.4 Å². The number of amides is 1. The van der Waals surface area contributed by atoms with E-state index in [4.69, 9.17) is 21.1 Å². The van der Waals surface area contributed by atoms with Crippen molar-refractivity contribution in [2.45, 2.75) is 30.9 Å². The van der Waals surface area contributed by atoms with E-state index < -0.39 is 0 Å². The summed E-state index contributed by atoms with van der Waals surface area (Å²) in [5.41, 5.74) is 5.05. The number of hydrazone groups is 1. The Labute approximate surface area is 204 Å². The lowest BCUT2D eigenvalue weighted by Gasteiger charge is -2.11. The molecule has 0 atom stereocenters. The summed E-state index contributed by atoms with van der Waals surface area (Å²) in [6.45, 7) is 5.14. The second-order valence-corrected chi connectivity index (χ2v) is 8.61. The molecule has 1 N–H and O–H groups in total. The Morgan fingerprint density at radius 1 is 1.00 bits per heavy atom. The van der Waals surface area contributed by atoms with Crippen molar-refractivity contribution in [3.63, 3.8) is 0 Å². The molecule has 1 amide bonds. The topological polar surface area (TPSA) is 59.9 Å². The fraction of sp³-hybridized carbons (Fsp3) is 0.231. The lowest BCUT2D eigenvalue weighted by Crippen LogP contribution is -2.17. The number of nitrogens with zero attached hydrogens (tertiary/aromatic N) is 1. The van der Waals surface area contributed by atoms with E-state index in [9.17, 15) is 4.79 Å². The van der Waals surface area contributed by atoms with Gasteiger partial charge in [-0.25, -0.2) is 5.43 Å². The third-order valence-electron chi connectivity index (χ3n) is 4.54. The summed E-state index contributed by atoms with van der Waals surface area (Å²) < 4.78 is 11.4. The molecule has 0 heterocycles. The molecule has 3 aromatic rings. The minimum atomic E-state index is -0.268. The first-order valence-electron chi connectivity index (χ1n) is 10.8. The molecule has 0 aliphatic carbocycles. The molecule has 7 heteroatoms. The van der Waals surface area contributed by atoms with Crippen LogP contribution in [-0.2, 0) is 5.75 Å². The largest absolute Gasteiger partial charge is 0.490 e. The minimum Gasteiger partial charge on any atom is -0.490 e. The van der Waals surface area contributed by atoms with Crippen LogP contribution >= 0.6 is 23.4 Å². The first-order valence-corrected chi connectivity index (χ1v) is 12.2. The van der Waals surface area contributed by atoms with Crippen LogP contribution in [-0.4, -0.2) is 25.3 Å². The highest BCUT2D eigenvalue weighted by Gasteiger charge is 2.07. The lowest BCUT2D eigenvalue weighted by molar-refractivity contribution is 0.0955. The molecule has 3 aromatic carbocycles. The molecule has 0 aliphatic rings. The van der Waals surface area contributed by atoms with Crippen molar-refractivity contribution in [3.8, 4) is 11.5 Å². The predicted molar refractivity (Wildman–Crippen MR) is 136 cm³/mol. The fourth-order valence-electron chi connectivity index (χ4n) is 2.88. The van der Waals surface area contributed by atoms with Crippen LogP contribution in [0.2, 0.25) is 5.02 Å². The normalized spacial score (nSPS) is 10.9. The van der Waals surface area contributed by atoms with Crippen molar-refractivity contribution in [1.29, 1.82) is 0 Å². The van der Waals surface area contributed by atoms with E-state index in [0.29, 0.717) is 30.3 Å². The van der Waals surface area contributed by atoms with Crippen molar-refractivity contribution < 1.29 is 14.3 Å². The molecule has 0 aliphatic heterocycles. The van der Waals surface area contributed by atoms with Gasteiger partial charge in [-0.2, -0.15) is 5.10 Å². The average Bonchev–Trinajstić information content (AvgIpc) is 2.83. The Balaban J connectivity index is 1.54. The molecule has 0 bridgehead atoms. The Morgan fingerprint density at radius 3 is 2.45 bits per heavy atom. The van der Waals surface area contributed by atoms with E-state index in [2.05, 4.69) is 17.5 Å². The van der Waals surface area contributed by atoms with E-state index in [1.165, 1.54) is 0 Å². The molecule has 0 unspecified atom stereocenters. The summed E-state index contributed by atoms with van der Waals surface area (Å²) >= 11 is 7.64. The number of halogens is 1. The van der Waals surface area contributed by atoms with E-state index in [-0.39, 0.29) is 5.91 Å². The van der Waals surface area contributed by atoms with Crippen molar-refractivity contribution >= 4 is 35.5 Å². The standard InChI is InChI=1S/C26H27ClN2O3S/c1-3-15-32-24-14-7-20(16-25(24)31-4-2)17-28-29-26(30)21-8-5-19(6-9-21)18-33-23-12-10-22(27)11-13-23/h5-14,16-17H,3-4,15,18H2,1-2H3,(H,29,30)/b28-17-. The van der Waals surface area contributed by atoms with Crippen LogP contribution in [0.15, 0.2) is 76.7 Å². The van der Waals surface area contributed by atoms with Gasteiger partial charge in [-0.05, 0) is 79.1 Å². The van der Waals surface area contributed by atoms with Crippen LogP contribution in [0.1, 0.15) is 41.8 Å². The fourth-order valence-corrected chi connectivity index (χ4v) is 3.86. The zero-order valence-corrected chi connectivity index (χ0v) is 20.3. The zero-order chi connectivity index (χ0) is 23.5. The quantitative estimate of drug-likeness (QED) is 0.190. The molecule has 3 rings (SSSR count). The molecule has 33 heavy (non-hydrogen) atoms. The van der Waals surface area contributed by atoms with Gasteiger partial charge in [-0.15, -0.1) is 11.8 Å². The minimum absolute atomic E-state index is 0.268. The number of benzene rings is 3. The molecular weight excluding hydrogens is 456 g/mol. The highest BCUT2D eigenvalue weighted by atomic mass is 35.5. The van der Waals surface area contributed by atoms with Gasteiger partial charge < -0.3 is 9.47 Å². The number of hydrogen-bond acceptors (Lipinski definition) is 5.